The highest BCUT2D eigenvalue weighted by Gasteiger charge is 2.26. The number of amides is 2. The van der Waals surface area contributed by atoms with E-state index in [2.05, 4.69) is 15.6 Å². The first-order valence-corrected chi connectivity index (χ1v) is 10.7. The number of carbonyl (C=O) groups excluding carboxylic acids is 2. The van der Waals surface area contributed by atoms with Crippen molar-refractivity contribution in [2.45, 2.75) is 13.0 Å². The van der Waals surface area contributed by atoms with Crippen molar-refractivity contribution < 1.29 is 14.3 Å². The number of hydrogen-bond acceptors (Lipinski definition) is 3. The summed E-state index contributed by atoms with van der Waals surface area (Å²) in [6.07, 6.45) is 3.75. The van der Waals surface area contributed by atoms with Gasteiger partial charge in [-0.1, -0.05) is 30.3 Å². The highest BCUT2D eigenvalue weighted by atomic mass is 16.5. The van der Waals surface area contributed by atoms with Gasteiger partial charge in [-0.15, -0.1) is 0 Å². The van der Waals surface area contributed by atoms with E-state index in [4.69, 9.17) is 4.74 Å². The number of methoxy groups -OCH3 is 1. The Balaban J connectivity index is 1.42. The van der Waals surface area contributed by atoms with Crippen LogP contribution in [0.4, 0.5) is 5.69 Å². The van der Waals surface area contributed by atoms with E-state index in [0.29, 0.717) is 16.8 Å². The standard InChI is InChI=1S/C27H23N3O3/c1-16(17-7-10-20(33-2)11-8-17)29-26(31)18-9-12-25-22(13-18)23(27(32)30-25)14-19-15-28-24-6-4-3-5-21(19)24/h3-16,28H,1-2H3,(H,29,31)(H,30,32). The predicted molar refractivity (Wildman–Crippen MR) is 130 cm³/mol. The van der Waals surface area contributed by atoms with Gasteiger partial charge in [-0.25, -0.2) is 0 Å². The first kappa shape index (κ1) is 20.6. The van der Waals surface area contributed by atoms with Gasteiger partial charge in [0.05, 0.1) is 13.2 Å². The van der Waals surface area contributed by atoms with Crippen LogP contribution >= 0.6 is 0 Å². The van der Waals surface area contributed by atoms with Gasteiger partial charge >= 0.3 is 0 Å². The van der Waals surface area contributed by atoms with E-state index in [0.717, 1.165) is 33.3 Å². The van der Waals surface area contributed by atoms with E-state index in [1.807, 2.05) is 67.7 Å². The van der Waals surface area contributed by atoms with Gasteiger partial charge in [-0.3, -0.25) is 9.59 Å². The largest absolute Gasteiger partial charge is 0.497 e. The summed E-state index contributed by atoms with van der Waals surface area (Å²) in [6, 6.07) is 20.6. The Hall–Kier alpha value is -4.32. The molecule has 164 valence electrons. The lowest BCUT2D eigenvalue weighted by molar-refractivity contribution is -0.110. The lowest BCUT2D eigenvalue weighted by atomic mass is 10.0. The van der Waals surface area contributed by atoms with E-state index in [1.54, 1.807) is 25.3 Å². The fraction of sp³-hybridized carbons (Fsp3) is 0.111. The molecule has 1 aliphatic rings. The molecule has 0 aliphatic carbocycles. The zero-order valence-corrected chi connectivity index (χ0v) is 18.3. The Bertz CT molecular complexity index is 1400. The van der Waals surface area contributed by atoms with E-state index in [9.17, 15) is 9.59 Å². The smallest absolute Gasteiger partial charge is 0.256 e. The molecular weight excluding hydrogens is 414 g/mol. The molecule has 0 saturated heterocycles. The summed E-state index contributed by atoms with van der Waals surface area (Å²) in [7, 11) is 1.62. The molecule has 0 bridgehead atoms. The number of hydrogen-bond donors (Lipinski definition) is 3. The normalized spacial score (nSPS) is 14.7. The number of H-pyrrole nitrogens is 1. The van der Waals surface area contributed by atoms with Gasteiger partial charge in [0.2, 0.25) is 0 Å². The van der Waals surface area contributed by atoms with E-state index >= 15 is 0 Å². The predicted octanol–water partition coefficient (Wildman–Crippen LogP) is 5.16. The molecule has 1 atom stereocenters. The number of rotatable bonds is 5. The molecule has 5 rings (SSSR count). The zero-order valence-electron chi connectivity index (χ0n) is 18.3. The second-order valence-electron chi connectivity index (χ2n) is 8.03. The third kappa shape index (κ3) is 3.87. The topological polar surface area (TPSA) is 83.2 Å². The molecule has 1 aliphatic heterocycles. The van der Waals surface area contributed by atoms with E-state index in [1.165, 1.54) is 0 Å². The molecule has 1 unspecified atom stereocenters. The summed E-state index contributed by atoms with van der Waals surface area (Å²) in [4.78, 5) is 28.9. The molecule has 3 aromatic carbocycles. The molecule has 4 aromatic rings. The zero-order chi connectivity index (χ0) is 22.9. The molecule has 0 spiro atoms. The number of aromatic nitrogens is 1. The molecule has 2 amide bonds. The summed E-state index contributed by atoms with van der Waals surface area (Å²) >= 11 is 0. The summed E-state index contributed by atoms with van der Waals surface area (Å²) in [6.45, 7) is 1.93. The van der Waals surface area contributed by atoms with Crippen LogP contribution in [0.1, 0.15) is 40.0 Å². The van der Waals surface area contributed by atoms with E-state index in [-0.39, 0.29) is 17.9 Å². The summed E-state index contributed by atoms with van der Waals surface area (Å²) in [5, 5.41) is 6.95. The van der Waals surface area contributed by atoms with Gasteiger partial charge in [-0.2, -0.15) is 0 Å². The first-order valence-electron chi connectivity index (χ1n) is 10.7. The van der Waals surface area contributed by atoms with Crippen molar-refractivity contribution >= 4 is 40.1 Å². The Morgan fingerprint density at radius 3 is 2.64 bits per heavy atom. The number of ether oxygens (including phenoxy) is 1. The van der Waals surface area contributed by atoms with Gasteiger partial charge in [0.15, 0.2) is 0 Å². The Kier molecular flexibility index (Phi) is 5.18. The molecule has 2 heterocycles. The summed E-state index contributed by atoms with van der Waals surface area (Å²) in [5.41, 5.74) is 5.35. The second kappa shape index (κ2) is 8.31. The van der Waals surface area contributed by atoms with Crippen LogP contribution in [0, 0.1) is 0 Å². The maximum absolute atomic E-state index is 13.0. The molecule has 1 aromatic heterocycles. The minimum absolute atomic E-state index is 0.181. The molecule has 33 heavy (non-hydrogen) atoms. The maximum atomic E-state index is 13.0. The second-order valence-corrected chi connectivity index (χ2v) is 8.03. The Morgan fingerprint density at radius 2 is 1.85 bits per heavy atom. The highest BCUT2D eigenvalue weighted by Crippen LogP contribution is 2.35. The van der Waals surface area contributed by atoms with Crippen LogP contribution in [-0.4, -0.2) is 23.9 Å². The minimum Gasteiger partial charge on any atom is -0.497 e. The molecule has 3 N–H and O–H groups in total. The van der Waals surface area contributed by atoms with Crippen LogP contribution in [0.25, 0.3) is 22.6 Å². The monoisotopic (exact) mass is 437 g/mol. The van der Waals surface area contributed by atoms with Crippen LogP contribution in [0.3, 0.4) is 0 Å². The summed E-state index contributed by atoms with van der Waals surface area (Å²) in [5.74, 6) is 0.383. The number of anilines is 1. The van der Waals surface area contributed by atoms with E-state index < -0.39 is 0 Å². The molecule has 6 nitrogen and oxygen atoms in total. The fourth-order valence-corrected chi connectivity index (χ4v) is 4.10. The SMILES string of the molecule is COc1ccc(C(C)NC(=O)c2ccc3c(c2)C(=Cc2c[nH]c4ccccc24)C(=O)N3)cc1. The van der Waals surface area contributed by atoms with Crippen LogP contribution < -0.4 is 15.4 Å². The molecule has 6 heteroatoms. The highest BCUT2D eigenvalue weighted by molar-refractivity contribution is 6.35. The lowest BCUT2D eigenvalue weighted by Gasteiger charge is -2.15. The van der Waals surface area contributed by atoms with Crippen LogP contribution in [0.5, 0.6) is 5.75 Å². The van der Waals surface area contributed by atoms with Crippen molar-refractivity contribution in [2.75, 3.05) is 12.4 Å². The van der Waals surface area contributed by atoms with Crippen molar-refractivity contribution in [1.82, 2.24) is 10.3 Å². The van der Waals surface area contributed by atoms with Crippen LogP contribution in [0.2, 0.25) is 0 Å². The quantitative estimate of drug-likeness (QED) is 0.377. The first-order chi connectivity index (χ1) is 16.0. The lowest BCUT2D eigenvalue weighted by Crippen LogP contribution is -2.26. The average molecular weight is 437 g/mol. The van der Waals surface area contributed by atoms with Crippen molar-refractivity contribution in [1.29, 1.82) is 0 Å². The third-order valence-electron chi connectivity index (χ3n) is 5.95. The molecule has 0 fully saturated rings. The fourth-order valence-electron chi connectivity index (χ4n) is 4.10. The maximum Gasteiger partial charge on any atom is 0.256 e. The minimum atomic E-state index is -0.202. The number of benzene rings is 3. The number of para-hydroxylation sites is 1. The van der Waals surface area contributed by atoms with Gasteiger partial charge < -0.3 is 20.4 Å². The molecular formula is C27H23N3O3. The summed E-state index contributed by atoms with van der Waals surface area (Å²) < 4.78 is 5.19. The molecule has 0 saturated carbocycles. The van der Waals surface area contributed by atoms with Crippen molar-refractivity contribution in [3.05, 3.63) is 95.2 Å². The van der Waals surface area contributed by atoms with Gasteiger partial charge in [0.25, 0.3) is 11.8 Å². The number of carbonyl (C=O) groups is 2. The van der Waals surface area contributed by atoms with Crippen molar-refractivity contribution in [3.63, 3.8) is 0 Å². The Labute approximate surface area is 191 Å². The Morgan fingerprint density at radius 1 is 1.06 bits per heavy atom. The average Bonchev–Trinajstić information content (AvgIpc) is 3.39. The molecule has 0 radical (unpaired) electrons. The van der Waals surface area contributed by atoms with Crippen LogP contribution in [0.15, 0.2) is 72.9 Å². The number of nitrogens with one attached hydrogen (secondary N) is 3. The van der Waals surface area contributed by atoms with Gasteiger partial charge in [0, 0.05) is 45.1 Å². The van der Waals surface area contributed by atoms with Gasteiger partial charge in [-0.05, 0) is 55.0 Å². The van der Waals surface area contributed by atoms with Crippen molar-refractivity contribution in [2.24, 2.45) is 0 Å². The number of aromatic amines is 1. The number of fused-ring (bicyclic) bond motifs is 2. The van der Waals surface area contributed by atoms with Gasteiger partial charge in [0.1, 0.15) is 5.75 Å². The van der Waals surface area contributed by atoms with Crippen molar-refractivity contribution in [3.8, 4) is 5.75 Å². The third-order valence-corrected chi connectivity index (χ3v) is 5.95. The van der Waals surface area contributed by atoms with Crippen LogP contribution in [-0.2, 0) is 4.79 Å².